The molecule has 0 bridgehead atoms. The molecule has 0 saturated carbocycles. The Balaban J connectivity index is 2.18. The number of fused-ring (bicyclic) bond motifs is 1. The molecule has 106 valence electrons. The summed E-state index contributed by atoms with van der Waals surface area (Å²) in [5, 5.41) is 8.87. The van der Waals surface area contributed by atoms with Crippen molar-refractivity contribution in [2.75, 3.05) is 0 Å². The maximum atomic E-state index is 13.7. The summed E-state index contributed by atoms with van der Waals surface area (Å²) in [5.41, 5.74) is 0.0169. The number of halogens is 3. The molecule has 0 atom stereocenters. The molecule has 0 aliphatic carbocycles. The molecule has 4 nitrogen and oxygen atoms in total. The second kappa shape index (κ2) is 4.62. The first-order valence-corrected chi connectivity index (χ1v) is 5.75. The summed E-state index contributed by atoms with van der Waals surface area (Å²) < 4.78 is 45.0. The van der Waals surface area contributed by atoms with Gasteiger partial charge in [-0.05, 0) is 30.3 Å². The zero-order valence-corrected chi connectivity index (χ0v) is 10.2. The Morgan fingerprint density at radius 1 is 1.10 bits per heavy atom. The first-order valence-electron chi connectivity index (χ1n) is 5.75. The molecule has 0 spiro atoms. The molecule has 0 unspecified atom stereocenters. The summed E-state index contributed by atoms with van der Waals surface area (Å²) in [5.74, 6) is -5.77. The first kappa shape index (κ1) is 13.2. The lowest BCUT2D eigenvalue weighted by molar-refractivity contribution is 0.0697. The number of benzene rings is 2. The Morgan fingerprint density at radius 2 is 1.86 bits per heavy atom. The molecule has 3 rings (SSSR count). The van der Waals surface area contributed by atoms with E-state index in [4.69, 9.17) is 9.52 Å². The van der Waals surface area contributed by atoms with Crippen LogP contribution in [0.15, 0.2) is 34.7 Å². The van der Waals surface area contributed by atoms with Gasteiger partial charge in [-0.2, -0.15) is 0 Å². The van der Waals surface area contributed by atoms with Crippen molar-refractivity contribution in [3.8, 4) is 11.5 Å². The van der Waals surface area contributed by atoms with Crippen LogP contribution in [-0.4, -0.2) is 16.1 Å². The van der Waals surface area contributed by atoms with Gasteiger partial charge in [0.25, 0.3) is 0 Å². The standard InChI is InChI=1S/C14H6F3NO3/c15-8-3-2-7(11(16)12(8)17)13-18-9-5-6(14(19)20)1-4-10(9)21-13/h1-5H,(H,19,20). The molecule has 7 heteroatoms. The van der Waals surface area contributed by atoms with E-state index in [0.29, 0.717) is 0 Å². The van der Waals surface area contributed by atoms with Gasteiger partial charge in [-0.3, -0.25) is 0 Å². The number of carboxylic acid groups (broad SMARTS) is 1. The van der Waals surface area contributed by atoms with Crippen LogP contribution in [0, 0.1) is 17.5 Å². The summed E-state index contributed by atoms with van der Waals surface area (Å²) >= 11 is 0. The van der Waals surface area contributed by atoms with Gasteiger partial charge in [-0.1, -0.05) is 0 Å². The van der Waals surface area contributed by atoms with Gasteiger partial charge in [0.15, 0.2) is 23.0 Å². The Bertz CT molecular complexity index is 873. The van der Waals surface area contributed by atoms with Crippen LogP contribution >= 0.6 is 0 Å². The van der Waals surface area contributed by atoms with Crippen LogP contribution < -0.4 is 0 Å². The molecule has 0 radical (unpaired) electrons. The van der Waals surface area contributed by atoms with Gasteiger partial charge in [0.05, 0.1) is 11.1 Å². The van der Waals surface area contributed by atoms with E-state index in [1.807, 2.05) is 0 Å². The highest BCUT2D eigenvalue weighted by atomic mass is 19.2. The lowest BCUT2D eigenvalue weighted by Crippen LogP contribution is -1.95. The zero-order chi connectivity index (χ0) is 15.1. The summed E-state index contributed by atoms with van der Waals surface area (Å²) in [6.45, 7) is 0. The van der Waals surface area contributed by atoms with E-state index in [2.05, 4.69) is 4.98 Å². The maximum Gasteiger partial charge on any atom is 0.335 e. The summed E-state index contributed by atoms with van der Waals surface area (Å²) in [6, 6.07) is 5.64. The first-order chi connectivity index (χ1) is 9.97. The Hall–Kier alpha value is -2.83. The van der Waals surface area contributed by atoms with Crippen LogP contribution in [0.2, 0.25) is 0 Å². The quantitative estimate of drug-likeness (QED) is 0.733. The molecule has 1 N–H and O–H groups in total. The predicted molar refractivity (Wildman–Crippen MR) is 66.3 cm³/mol. The van der Waals surface area contributed by atoms with E-state index in [1.54, 1.807) is 0 Å². The van der Waals surface area contributed by atoms with Gasteiger partial charge in [0.2, 0.25) is 5.89 Å². The fourth-order valence-corrected chi connectivity index (χ4v) is 1.87. The van der Waals surface area contributed by atoms with Crippen molar-refractivity contribution in [2.45, 2.75) is 0 Å². The molecule has 3 aromatic rings. The SMILES string of the molecule is O=C(O)c1ccc2oc(-c3ccc(F)c(F)c3F)nc2c1. The third-order valence-corrected chi connectivity index (χ3v) is 2.90. The lowest BCUT2D eigenvalue weighted by atomic mass is 10.2. The Morgan fingerprint density at radius 3 is 2.57 bits per heavy atom. The second-order valence-corrected chi connectivity index (χ2v) is 4.23. The summed E-state index contributed by atoms with van der Waals surface area (Å²) in [4.78, 5) is 14.7. The third-order valence-electron chi connectivity index (χ3n) is 2.90. The Kier molecular flexibility index (Phi) is 2.90. The number of aromatic nitrogens is 1. The van der Waals surface area contributed by atoms with Crippen LogP contribution in [-0.2, 0) is 0 Å². The smallest absolute Gasteiger partial charge is 0.335 e. The van der Waals surface area contributed by atoms with E-state index in [1.165, 1.54) is 18.2 Å². The zero-order valence-electron chi connectivity index (χ0n) is 10.2. The lowest BCUT2D eigenvalue weighted by Gasteiger charge is -1.99. The van der Waals surface area contributed by atoms with Gasteiger partial charge >= 0.3 is 5.97 Å². The molecule has 0 aliphatic heterocycles. The second-order valence-electron chi connectivity index (χ2n) is 4.23. The minimum Gasteiger partial charge on any atom is -0.478 e. The number of nitrogens with zero attached hydrogens (tertiary/aromatic N) is 1. The van der Waals surface area contributed by atoms with Crippen molar-refractivity contribution in [1.82, 2.24) is 4.98 Å². The van der Waals surface area contributed by atoms with Crippen LogP contribution in [0.3, 0.4) is 0 Å². The highest BCUT2D eigenvalue weighted by Gasteiger charge is 2.19. The van der Waals surface area contributed by atoms with E-state index in [9.17, 15) is 18.0 Å². The van der Waals surface area contributed by atoms with Crippen molar-refractivity contribution < 1.29 is 27.5 Å². The topological polar surface area (TPSA) is 63.3 Å². The molecular formula is C14H6F3NO3. The van der Waals surface area contributed by atoms with Crippen LogP contribution in [0.4, 0.5) is 13.2 Å². The molecular weight excluding hydrogens is 287 g/mol. The number of hydrogen-bond acceptors (Lipinski definition) is 3. The largest absolute Gasteiger partial charge is 0.478 e. The molecule has 2 aromatic carbocycles. The minimum atomic E-state index is -1.62. The van der Waals surface area contributed by atoms with Crippen LogP contribution in [0.5, 0.6) is 0 Å². The van der Waals surface area contributed by atoms with Gasteiger partial charge in [-0.15, -0.1) is 0 Å². The van der Waals surface area contributed by atoms with Crippen molar-refractivity contribution in [1.29, 1.82) is 0 Å². The summed E-state index contributed by atoms with van der Waals surface area (Å²) in [6.07, 6.45) is 0. The summed E-state index contributed by atoms with van der Waals surface area (Å²) in [7, 11) is 0. The Labute approximate surface area is 115 Å². The molecule has 0 amide bonds. The van der Waals surface area contributed by atoms with E-state index < -0.39 is 23.4 Å². The van der Waals surface area contributed by atoms with E-state index in [-0.39, 0.29) is 28.1 Å². The van der Waals surface area contributed by atoms with Crippen molar-refractivity contribution in [3.05, 3.63) is 53.3 Å². The number of carboxylic acids is 1. The van der Waals surface area contributed by atoms with E-state index >= 15 is 0 Å². The molecule has 0 fully saturated rings. The van der Waals surface area contributed by atoms with Gasteiger partial charge < -0.3 is 9.52 Å². The van der Waals surface area contributed by atoms with E-state index in [0.717, 1.165) is 12.1 Å². The molecule has 1 aromatic heterocycles. The fourth-order valence-electron chi connectivity index (χ4n) is 1.87. The van der Waals surface area contributed by atoms with Crippen molar-refractivity contribution in [3.63, 3.8) is 0 Å². The van der Waals surface area contributed by atoms with Gasteiger partial charge in [0, 0.05) is 0 Å². The van der Waals surface area contributed by atoms with Crippen LogP contribution in [0.25, 0.3) is 22.6 Å². The van der Waals surface area contributed by atoms with Crippen molar-refractivity contribution >= 4 is 17.1 Å². The number of carbonyl (C=O) groups is 1. The monoisotopic (exact) mass is 293 g/mol. The van der Waals surface area contributed by atoms with Crippen molar-refractivity contribution in [2.24, 2.45) is 0 Å². The third kappa shape index (κ3) is 2.12. The minimum absolute atomic E-state index is 0.0203. The number of hydrogen-bond donors (Lipinski definition) is 1. The van der Waals surface area contributed by atoms with Crippen LogP contribution in [0.1, 0.15) is 10.4 Å². The molecule has 1 heterocycles. The number of aromatic carboxylic acids is 1. The number of rotatable bonds is 2. The molecule has 0 aliphatic rings. The number of oxazole rings is 1. The highest BCUT2D eigenvalue weighted by molar-refractivity contribution is 5.92. The highest BCUT2D eigenvalue weighted by Crippen LogP contribution is 2.28. The predicted octanol–water partition coefficient (Wildman–Crippen LogP) is 3.61. The average molecular weight is 293 g/mol. The molecule has 0 saturated heterocycles. The normalized spacial score (nSPS) is 11.0. The average Bonchev–Trinajstić information content (AvgIpc) is 2.87. The van der Waals surface area contributed by atoms with Gasteiger partial charge in [-0.25, -0.2) is 22.9 Å². The fraction of sp³-hybridized carbons (Fsp3) is 0. The molecule has 21 heavy (non-hydrogen) atoms. The maximum absolute atomic E-state index is 13.7. The van der Waals surface area contributed by atoms with Gasteiger partial charge in [0.1, 0.15) is 5.52 Å².